The van der Waals surface area contributed by atoms with E-state index in [1.807, 2.05) is 30.3 Å². The largest absolute Gasteiger partial charge is 0.486 e. The molecule has 0 aromatic heterocycles. The fourth-order valence-electron chi connectivity index (χ4n) is 2.18. The van der Waals surface area contributed by atoms with Crippen molar-refractivity contribution in [2.45, 2.75) is 6.10 Å². The van der Waals surface area contributed by atoms with Crippen LogP contribution in [0.2, 0.25) is 5.02 Å². The SMILES string of the molecule is OC(c1ccccc1Cl)c1cccc2c1OCCO2. The van der Waals surface area contributed by atoms with E-state index in [0.29, 0.717) is 40.9 Å². The quantitative estimate of drug-likeness (QED) is 0.915. The first-order valence-electron chi connectivity index (χ1n) is 6.08. The molecule has 19 heavy (non-hydrogen) atoms. The summed E-state index contributed by atoms with van der Waals surface area (Å²) in [5.41, 5.74) is 1.33. The van der Waals surface area contributed by atoms with Gasteiger partial charge in [0.2, 0.25) is 0 Å². The summed E-state index contributed by atoms with van der Waals surface area (Å²) >= 11 is 6.12. The van der Waals surface area contributed by atoms with Crippen molar-refractivity contribution in [1.29, 1.82) is 0 Å². The summed E-state index contributed by atoms with van der Waals surface area (Å²) < 4.78 is 11.1. The van der Waals surface area contributed by atoms with Crippen molar-refractivity contribution in [3.63, 3.8) is 0 Å². The minimum Gasteiger partial charge on any atom is -0.486 e. The van der Waals surface area contributed by atoms with Crippen LogP contribution in [-0.4, -0.2) is 18.3 Å². The van der Waals surface area contributed by atoms with Gasteiger partial charge in [-0.15, -0.1) is 0 Å². The minimum absolute atomic E-state index is 0.485. The fourth-order valence-corrected chi connectivity index (χ4v) is 2.42. The monoisotopic (exact) mass is 276 g/mol. The van der Waals surface area contributed by atoms with Crippen molar-refractivity contribution in [2.24, 2.45) is 0 Å². The number of rotatable bonds is 2. The molecule has 2 aromatic carbocycles. The Bertz CT molecular complexity index is 598. The van der Waals surface area contributed by atoms with Crippen LogP contribution in [0.15, 0.2) is 42.5 Å². The number of hydrogen-bond donors (Lipinski definition) is 1. The Balaban J connectivity index is 2.05. The molecule has 4 heteroatoms. The average Bonchev–Trinajstić information content (AvgIpc) is 2.46. The lowest BCUT2D eigenvalue weighted by Crippen LogP contribution is -2.17. The molecule has 1 aliphatic heterocycles. The second-order valence-electron chi connectivity index (χ2n) is 4.30. The highest BCUT2D eigenvalue weighted by Crippen LogP contribution is 2.40. The third kappa shape index (κ3) is 2.27. The van der Waals surface area contributed by atoms with Gasteiger partial charge in [-0.3, -0.25) is 0 Å². The van der Waals surface area contributed by atoms with Crippen LogP contribution in [0.1, 0.15) is 17.2 Å². The van der Waals surface area contributed by atoms with E-state index < -0.39 is 6.10 Å². The van der Waals surface area contributed by atoms with Gasteiger partial charge in [0.25, 0.3) is 0 Å². The Labute approximate surface area is 116 Å². The smallest absolute Gasteiger partial charge is 0.167 e. The van der Waals surface area contributed by atoms with Gasteiger partial charge in [-0.1, -0.05) is 41.9 Å². The van der Waals surface area contributed by atoms with Gasteiger partial charge in [0, 0.05) is 16.1 Å². The van der Waals surface area contributed by atoms with Crippen LogP contribution in [0.4, 0.5) is 0 Å². The molecule has 0 spiro atoms. The number of aliphatic hydroxyl groups excluding tert-OH is 1. The molecule has 1 unspecified atom stereocenters. The van der Waals surface area contributed by atoms with E-state index in [-0.39, 0.29) is 0 Å². The summed E-state index contributed by atoms with van der Waals surface area (Å²) in [4.78, 5) is 0. The highest BCUT2D eigenvalue weighted by atomic mass is 35.5. The zero-order chi connectivity index (χ0) is 13.2. The third-order valence-corrected chi connectivity index (χ3v) is 3.44. The molecule has 0 fully saturated rings. The summed E-state index contributed by atoms with van der Waals surface area (Å²) in [6.45, 7) is 1.01. The summed E-state index contributed by atoms with van der Waals surface area (Å²) in [5.74, 6) is 1.26. The lowest BCUT2D eigenvalue weighted by molar-refractivity contribution is 0.158. The highest BCUT2D eigenvalue weighted by molar-refractivity contribution is 6.31. The van der Waals surface area contributed by atoms with Gasteiger partial charge in [0.05, 0.1) is 0 Å². The van der Waals surface area contributed by atoms with Crippen LogP contribution in [0.25, 0.3) is 0 Å². The molecular weight excluding hydrogens is 264 g/mol. The Hall–Kier alpha value is -1.71. The van der Waals surface area contributed by atoms with Crippen LogP contribution < -0.4 is 9.47 Å². The van der Waals surface area contributed by atoms with E-state index in [4.69, 9.17) is 21.1 Å². The molecule has 3 nitrogen and oxygen atoms in total. The van der Waals surface area contributed by atoms with Gasteiger partial charge in [-0.25, -0.2) is 0 Å². The van der Waals surface area contributed by atoms with Gasteiger partial charge in [-0.05, 0) is 12.1 Å². The Morgan fingerprint density at radius 2 is 1.68 bits per heavy atom. The minimum atomic E-state index is -0.828. The molecule has 1 N–H and O–H groups in total. The predicted molar refractivity (Wildman–Crippen MR) is 72.9 cm³/mol. The lowest BCUT2D eigenvalue weighted by atomic mass is 10.00. The molecule has 1 atom stereocenters. The number of hydrogen-bond acceptors (Lipinski definition) is 3. The van der Waals surface area contributed by atoms with E-state index in [1.54, 1.807) is 12.1 Å². The second kappa shape index (κ2) is 5.11. The lowest BCUT2D eigenvalue weighted by Gasteiger charge is -2.23. The molecule has 98 valence electrons. The standard InChI is InChI=1S/C15H13ClO3/c16-12-6-2-1-4-10(12)14(17)11-5-3-7-13-15(11)19-9-8-18-13/h1-7,14,17H,8-9H2. The summed E-state index contributed by atoms with van der Waals surface area (Å²) in [6.07, 6.45) is -0.828. The first-order valence-corrected chi connectivity index (χ1v) is 6.46. The molecule has 0 bridgehead atoms. The van der Waals surface area contributed by atoms with Crippen molar-refractivity contribution in [3.8, 4) is 11.5 Å². The number of ether oxygens (including phenoxy) is 2. The second-order valence-corrected chi connectivity index (χ2v) is 4.70. The Kier molecular flexibility index (Phi) is 3.32. The summed E-state index contributed by atoms with van der Waals surface area (Å²) in [7, 11) is 0. The van der Waals surface area contributed by atoms with Crippen molar-refractivity contribution in [3.05, 3.63) is 58.6 Å². The average molecular weight is 277 g/mol. The van der Waals surface area contributed by atoms with Crippen molar-refractivity contribution in [2.75, 3.05) is 13.2 Å². The van der Waals surface area contributed by atoms with Crippen LogP contribution in [-0.2, 0) is 0 Å². The maximum atomic E-state index is 10.5. The molecule has 0 saturated carbocycles. The summed E-state index contributed by atoms with van der Waals surface area (Å²) in [6, 6.07) is 12.7. The number of para-hydroxylation sites is 1. The number of fused-ring (bicyclic) bond motifs is 1. The topological polar surface area (TPSA) is 38.7 Å². The predicted octanol–water partition coefficient (Wildman–Crippen LogP) is 3.19. The zero-order valence-electron chi connectivity index (χ0n) is 10.2. The molecular formula is C15H13ClO3. The van der Waals surface area contributed by atoms with Crippen LogP contribution in [0.5, 0.6) is 11.5 Å². The van der Waals surface area contributed by atoms with Crippen LogP contribution in [0, 0.1) is 0 Å². The molecule has 0 aliphatic carbocycles. The van der Waals surface area contributed by atoms with Crippen LogP contribution >= 0.6 is 11.6 Å². The third-order valence-electron chi connectivity index (χ3n) is 3.09. The van der Waals surface area contributed by atoms with Crippen LogP contribution in [0.3, 0.4) is 0 Å². The highest BCUT2D eigenvalue weighted by Gasteiger charge is 2.22. The van der Waals surface area contributed by atoms with Crippen molar-refractivity contribution in [1.82, 2.24) is 0 Å². The summed E-state index contributed by atoms with van der Waals surface area (Å²) in [5, 5.41) is 11.0. The van der Waals surface area contributed by atoms with Gasteiger partial charge < -0.3 is 14.6 Å². The van der Waals surface area contributed by atoms with Crippen molar-refractivity contribution < 1.29 is 14.6 Å². The van der Waals surface area contributed by atoms with E-state index in [2.05, 4.69) is 0 Å². The normalized spacial score (nSPS) is 15.1. The molecule has 0 saturated heterocycles. The van der Waals surface area contributed by atoms with Gasteiger partial charge in [0.15, 0.2) is 11.5 Å². The fraction of sp³-hybridized carbons (Fsp3) is 0.200. The Morgan fingerprint density at radius 1 is 0.947 bits per heavy atom. The maximum Gasteiger partial charge on any atom is 0.167 e. The molecule has 0 radical (unpaired) electrons. The van der Waals surface area contributed by atoms with E-state index >= 15 is 0 Å². The van der Waals surface area contributed by atoms with Gasteiger partial charge in [-0.2, -0.15) is 0 Å². The van der Waals surface area contributed by atoms with E-state index in [1.165, 1.54) is 0 Å². The maximum absolute atomic E-state index is 10.5. The first kappa shape index (κ1) is 12.3. The molecule has 1 heterocycles. The molecule has 3 rings (SSSR count). The molecule has 1 aliphatic rings. The van der Waals surface area contributed by atoms with E-state index in [0.717, 1.165) is 0 Å². The van der Waals surface area contributed by atoms with Gasteiger partial charge >= 0.3 is 0 Å². The Morgan fingerprint density at radius 3 is 2.53 bits per heavy atom. The number of halogens is 1. The number of aliphatic hydroxyl groups is 1. The van der Waals surface area contributed by atoms with Gasteiger partial charge in [0.1, 0.15) is 19.3 Å². The molecule has 0 amide bonds. The van der Waals surface area contributed by atoms with E-state index in [9.17, 15) is 5.11 Å². The zero-order valence-corrected chi connectivity index (χ0v) is 10.9. The first-order chi connectivity index (χ1) is 9.27. The number of benzene rings is 2. The van der Waals surface area contributed by atoms with Crippen molar-refractivity contribution >= 4 is 11.6 Å². The molecule has 2 aromatic rings.